The third-order valence-electron chi connectivity index (χ3n) is 3.00. The van der Waals surface area contributed by atoms with Gasteiger partial charge < -0.3 is 10.6 Å². The van der Waals surface area contributed by atoms with Crippen molar-refractivity contribution in [1.82, 2.24) is 9.36 Å². The van der Waals surface area contributed by atoms with Gasteiger partial charge in [-0.2, -0.15) is 9.36 Å². The minimum Gasteiger partial charge on any atom is -0.367 e. The summed E-state index contributed by atoms with van der Waals surface area (Å²) in [6.45, 7) is 2.30. The summed E-state index contributed by atoms with van der Waals surface area (Å²) in [4.78, 5) is 6.52. The lowest BCUT2D eigenvalue weighted by atomic mass is 10.1. The Bertz CT molecular complexity index is 324. The average Bonchev–Trinajstić information content (AvgIpc) is 2.79. The van der Waals surface area contributed by atoms with E-state index in [1.807, 2.05) is 0 Å². The topological polar surface area (TPSA) is 55.0 Å². The first-order chi connectivity index (χ1) is 6.33. The second kappa shape index (κ2) is 2.57. The third kappa shape index (κ3) is 1.27. The normalized spacial score (nSPS) is 31.5. The smallest absolute Gasteiger partial charge is 0.233 e. The van der Waals surface area contributed by atoms with Gasteiger partial charge in [0.1, 0.15) is 0 Å². The number of hydrogen-bond donors (Lipinski definition) is 1. The molecular formula is C8H12N4S. The Morgan fingerprint density at radius 3 is 3.08 bits per heavy atom. The molecule has 1 saturated carbocycles. The summed E-state index contributed by atoms with van der Waals surface area (Å²) in [7, 11) is 0. The van der Waals surface area contributed by atoms with Crippen molar-refractivity contribution in [1.29, 1.82) is 0 Å². The summed E-state index contributed by atoms with van der Waals surface area (Å²) in [5, 5.41) is 1.00. The van der Waals surface area contributed by atoms with Gasteiger partial charge in [-0.05, 0) is 24.7 Å². The van der Waals surface area contributed by atoms with E-state index in [2.05, 4.69) is 14.3 Å². The van der Waals surface area contributed by atoms with Crippen molar-refractivity contribution in [3.63, 3.8) is 0 Å². The van der Waals surface area contributed by atoms with Crippen molar-refractivity contribution in [2.75, 3.05) is 23.7 Å². The van der Waals surface area contributed by atoms with Crippen molar-refractivity contribution in [3.05, 3.63) is 0 Å². The molecule has 0 spiro atoms. The molecule has 0 amide bonds. The van der Waals surface area contributed by atoms with Crippen LogP contribution in [0.3, 0.4) is 0 Å². The molecule has 0 radical (unpaired) electrons. The van der Waals surface area contributed by atoms with E-state index in [9.17, 15) is 0 Å². The van der Waals surface area contributed by atoms with Crippen LogP contribution in [0.25, 0.3) is 0 Å². The predicted molar refractivity (Wildman–Crippen MR) is 52.7 cm³/mol. The summed E-state index contributed by atoms with van der Waals surface area (Å²) in [6.07, 6.45) is 2.74. The van der Waals surface area contributed by atoms with E-state index in [1.54, 1.807) is 0 Å². The Hall–Kier alpha value is -0.840. The van der Waals surface area contributed by atoms with Crippen LogP contribution in [-0.2, 0) is 0 Å². The Labute approximate surface area is 80.9 Å². The van der Waals surface area contributed by atoms with Crippen LogP contribution in [0.15, 0.2) is 0 Å². The number of fused-ring (bicyclic) bond motifs is 1. The molecule has 1 saturated heterocycles. The fourth-order valence-electron chi connectivity index (χ4n) is 2.11. The molecule has 0 aromatic carbocycles. The van der Waals surface area contributed by atoms with Crippen molar-refractivity contribution in [2.45, 2.75) is 12.8 Å². The van der Waals surface area contributed by atoms with E-state index in [0.717, 1.165) is 23.5 Å². The summed E-state index contributed by atoms with van der Waals surface area (Å²) >= 11 is 1.42. The quantitative estimate of drug-likeness (QED) is 0.727. The Morgan fingerprint density at radius 1 is 1.46 bits per heavy atom. The zero-order chi connectivity index (χ0) is 8.84. The highest BCUT2D eigenvalue weighted by Gasteiger charge is 2.41. The van der Waals surface area contributed by atoms with Crippen molar-refractivity contribution in [2.24, 2.45) is 11.8 Å². The molecule has 2 unspecified atom stereocenters. The number of nitrogen functional groups attached to an aromatic ring is 1. The average molecular weight is 196 g/mol. The maximum atomic E-state index is 5.49. The maximum absolute atomic E-state index is 5.49. The van der Waals surface area contributed by atoms with Gasteiger partial charge in [0, 0.05) is 24.6 Å². The zero-order valence-electron chi connectivity index (χ0n) is 7.31. The standard InChI is InChI=1S/C8H12N4S/c9-7-10-8(13-11-7)12-2-1-5-3-6(5)4-12/h5-6H,1-4H2,(H2,9,11). The summed E-state index contributed by atoms with van der Waals surface area (Å²) in [5.74, 6) is 2.36. The van der Waals surface area contributed by atoms with Crippen LogP contribution >= 0.6 is 11.5 Å². The van der Waals surface area contributed by atoms with Crippen molar-refractivity contribution >= 4 is 22.6 Å². The molecule has 3 rings (SSSR count). The third-order valence-corrected chi connectivity index (χ3v) is 3.79. The number of hydrogen-bond acceptors (Lipinski definition) is 5. The fourth-order valence-corrected chi connectivity index (χ4v) is 2.74. The molecular weight excluding hydrogens is 184 g/mol. The number of aromatic nitrogens is 2. The second-order valence-electron chi connectivity index (χ2n) is 3.93. The van der Waals surface area contributed by atoms with Crippen LogP contribution in [0.1, 0.15) is 12.8 Å². The molecule has 70 valence electrons. The van der Waals surface area contributed by atoms with E-state index in [1.165, 1.54) is 30.9 Å². The van der Waals surface area contributed by atoms with Crippen LogP contribution in [0.5, 0.6) is 0 Å². The molecule has 2 N–H and O–H groups in total. The monoisotopic (exact) mass is 196 g/mol. The highest BCUT2D eigenvalue weighted by atomic mass is 32.1. The number of piperidine rings is 1. The van der Waals surface area contributed by atoms with E-state index in [0.29, 0.717) is 5.95 Å². The molecule has 1 aliphatic carbocycles. The number of nitrogens with two attached hydrogens (primary N) is 1. The van der Waals surface area contributed by atoms with Gasteiger partial charge in [-0.3, -0.25) is 0 Å². The Balaban J connectivity index is 1.77. The van der Waals surface area contributed by atoms with Gasteiger partial charge in [-0.1, -0.05) is 0 Å². The van der Waals surface area contributed by atoms with Crippen LogP contribution in [-0.4, -0.2) is 22.4 Å². The first-order valence-corrected chi connectivity index (χ1v) is 5.44. The highest BCUT2D eigenvalue weighted by Crippen LogP contribution is 2.45. The molecule has 13 heavy (non-hydrogen) atoms. The molecule has 1 aromatic rings. The molecule has 2 fully saturated rings. The highest BCUT2D eigenvalue weighted by molar-refractivity contribution is 7.09. The van der Waals surface area contributed by atoms with Crippen LogP contribution in [0.2, 0.25) is 0 Å². The van der Waals surface area contributed by atoms with Gasteiger partial charge >= 0.3 is 0 Å². The Kier molecular flexibility index (Phi) is 1.49. The molecule has 2 aliphatic rings. The largest absolute Gasteiger partial charge is 0.367 e. The second-order valence-corrected chi connectivity index (χ2v) is 4.66. The minimum absolute atomic E-state index is 0.415. The molecule has 2 atom stereocenters. The first-order valence-electron chi connectivity index (χ1n) is 4.67. The maximum Gasteiger partial charge on any atom is 0.233 e. The zero-order valence-corrected chi connectivity index (χ0v) is 8.13. The first kappa shape index (κ1) is 7.55. The molecule has 4 nitrogen and oxygen atoms in total. The van der Waals surface area contributed by atoms with Gasteiger partial charge in [-0.25, -0.2) is 0 Å². The molecule has 0 bridgehead atoms. The van der Waals surface area contributed by atoms with Crippen LogP contribution in [0.4, 0.5) is 11.1 Å². The van der Waals surface area contributed by atoms with Crippen LogP contribution < -0.4 is 10.6 Å². The van der Waals surface area contributed by atoms with Gasteiger partial charge in [0.25, 0.3) is 0 Å². The summed E-state index contributed by atoms with van der Waals surface area (Å²) in [5.41, 5.74) is 5.49. The van der Waals surface area contributed by atoms with E-state index >= 15 is 0 Å². The lowest BCUT2D eigenvalue weighted by Gasteiger charge is -2.24. The summed E-state index contributed by atoms with van der Waals surface area (Å²) in [6, 6.07) is 0. The summed E-state index contributed by atoms with van der Waals surface area (Å²) < 4.78 is 4.00. The number of nitrogens with zero attached hydrogens (tertiary/aromatic N) is 3. The fraction of sp³-hybridized carbons (Fsp3) is 0.750. The van der Waals surface area contributed by atoms with E-state index < -0.39 is 0 Å². The molecule has 2 heterocycles. The van der Waals surface area contributed by atoms with Gasteiger partial charge in [0.15, 0.2) is 0 Å². The number of rotatable bonds is 1. The lowest BCUT2D eigenvalue weighted by molar-refractivity contribution is 0.550. The van der Waals surface area contributed by atoms with Crippen molar-refractivity contribution in [3.8, 4) is 0 Å². The Morgan fingerprint density at radius 2 is 2.38 bits per heavy atom. The SMILES string of the molecule is Nc1nsc(N2CCC3CC3C2)n1. The number of anilines is 2. The molecule has 1 aromatic heterocycles. The minimum atomic E-state index is 0.415. The van der Waals surface area contributed by atoms with Gasteiger partial charge in [0.05, 0.1) is 0 Å². The van der Waals surface area contributed by atoms with E-state index in [-0.39, 0.29) is 0 Å². The van der Waals surface area contributed by atoms with Gasteiger partial charge in [-0.15, -0.1) is 0 Å². The molecule has 1 aliphatic heterocycles. The lowest BCUT2D eigenvalue weighted by Crippen LogP contribution is -2.31. The predicted octanol–water partition coefficient (Wildman–Crippen LogP) is 0.967. The molecule has 5 heteroatoms. The van der Waals surface area contributed by atoms with Gasteiger partial charge in [0.2, 0.25) is 11.1 Å². The van der Waals surface area contributed by atoms with Crippen LogP contribution in [0, 0.1) is 11.8 Å². The van der Waals surface area contributed by atoms with E-state index in [4.69, 9.17) is 5.73 Å². The van der Waals surface area contributed by atoms with Crippen molar-refractivity contribution < 1.29 is 0 Å².